The monoisotopic (exact) mass is 371 g/mol. The molecule has 6 heteroatoms. The second-order valence-electron chi connectivity index (χ2n) is 6.68. The Kier molecular flexibility index (Phi) is 5.54. The Morgan fingerprint density at radius 2 is 1.89 bits per heavy atom. The lowest BCUT2D eigenvalue weighted by Crippen LogP contribution is -2.15. The molecule has 0 spiro atoms. The molecule has 0 atom stereocenters. The molecular weight excluding hydrogens is 346 g/mol. The average Bonchev–Trinajstić information content (AvgIpc) is 3.44. The highest BCUT2D eigenvalue weighted by Gasteiger charge is 2.28. The molecule has 0 radical (unpaired) electrons. The summed E-state index contributed by atoms with van der Waals surface area (Å²) < 4.78 is 18.1. The molecule has 2 aromatic rings. The van der Waals surface area contributed by atoms with Gasteiger partial charge in [-0.2, -0.15) is 0 Å². The lowest BCUT2D eigenvalue weighted by atomic mass is 10.1. The maximum Gasteiger partial charge on any atom is 0.338 e. The first-order valence-corrected chi connectivity index (χ1v) is 9.15. The number of aryl methyl sites for hydroxylation is 1. The fourth-order valence-corrected chi connectivity index (χ4v) is 3.32. The van der Waals surface area contributed by atoms with Crippen LogP contribution in [0.5, 0.6) is 11.5 Å². The van der Waals surface area contributed by atoms with Gasteiger partial charge < -0.3 is 18.8 Å². The molecule has 1 aromatic heterocycles. The van der Waals surface area contributed by atoms with Crippen LogP contribution in [0.4, 0.5) is 0 Å². The van der Waals surface area contributed by atoms with E-state index < -0.39 is 5.97 Å². The first-order chi connectivity index (χ1) is 13.0. The normalized spacial score (nSPS) is 13.3. The van der Waals surface area contributed by atoms with Gasteiger partial charge in [0.25, 0.3) is 0 Å². The summed E-state index contributed by atoms with van der Waals surface area (Å²) in [5, 5.41) is 0. The van der Waals surface area contributed by atoms with Gasteiger partial charge in [-0.05, 0) is 57.9 Å². The maximum absolute atomic E-state index is 12.5. The van der Waals surface area contributed by atoms with Crippen molar-refractivity contribution in [2.24, 2.45) is 0 Å². The number of hydrogen-bond acceptors (Lipinski definition) is 5. The molecule has 1 saturated carbocycles. The van der Waals surface area contributed by atoms with E-state index in [1.54, 1.807) is 18.2 Å². The molecule has 3 rings (SSSR count). The van der Waals surface area contributed by atoms with Crippen molar-refractivity contribution in [3.8, 4) is 11.5 Å². The van der Waals surface area contributed by atoms with Crippen molar-refractivity contribution >= 4 is 11.8 Å². The van der Waals surface area contributed by atoms with Crippen LogP contribution >= 0.6 is 0 Å². The van der Waals surface area contributed by atoms with Crippen molar-refractivity contribution < 1.29 is 23.8 Å². The summed E-state index contributed by atoms with van der Waals surface area (Å²) in [6.45, 7) is 6.02. The third kappa shape index (κ3) is 3.99. The van der Waals surface area contributed by atoms with E-state index >= 15 is 0 Å². The van der Waals surface area contributed by atoms with Crippen LogP contribution in [0.1, 0.15) is 57.9 Å². The Bertz CT molecular complexity index is 864. The minimum Gasteiger partial charge on any atom is -0.493 e. The summed E-state index contributed by atoms with van der Waals surface area (Å²) in [4.78, 5) is 24.9. The van der Waals surface area contributed by atoms with Crippen molar-refractivity contribution in [3.05, 3.63) is 46.8 Å². The van der Waals surface area contributed by atoms with Crippen LogP contribution < -0.4 is 9.47 Å². The standard InChI is InChI=1S/C21H25NO5/c1-5-26-19-9-6-15(11-20(19)25-4)21(24)27-12-18(23)17-10-13(2)22(14(17)3)16-7-8-16/h6,9-11,16H,5,7-8,12H2,1-4H3. The van der Waals surface area contributed by atoms with E-state index in [1.807, 2.05) is 26.8 Å². The zero-order valence-electron chi connectivity index (χ0n) is 16.2. The molecule has 1 heterocycles. The first kappa shape index (κ1) is 19.0. The SMILES string of the molecule is CCOc1ccc(C(=O)OCC(=O)c2cc(C)n(C3CC3)c2C)cc1OC. The van der Waals surface area contributed by atoms with Gasteiger partial charge in [0, 0.05) is 23.0 Å². The minimum absolute atomic E-state index is 0.193. The van der Waals surface area contributed by atoms with Crippen molar-refractivity contribution in [2.75, 3.05) is 20.3 Å². The molecule has 1 aliphatic rings. The largest absolute Gasteiger partial charge is 0.493 e. The summed E-state index contributed by atoms with van der Waals surface area (Å²) in [5.41, 5.74) is 2.95. The molecule has 0 bridgehead atoms. The van der Waals surface area contributed by atoms with Crippen molar-refractivity contribution in [1.29, 1.82) is 0 Å². The van der Waals surface area contributed by atoms with E-state index in [2.05, 4.69) is 4.57 Å². The number of hydrogen-bond donors (Lipinski definition) is 0. The molecule has 0 saturated heterocycles. The summed E-state index contributed by atoms with van der Waals surface area (Å²) >= 11 is 0. The number of aromatic nitrogens is 1. The topological polar surface area (TPSA) is 66.8 Å². The minimum atomic E-state index is -0.569. The van der Waals surface area contributed by atoms with Gasteiger partial charge in [0.05, 0.1) is 19.3 Å². The van der Waals surface area contributed by atoms with Crippen molar-refractivity contribution in [1.82, 2.24) is 4.57 Å². The second kappa shape index (κ2) is 7.86. The number of benzene rings is 1. The quantitative estimate of drug-likeness (QED) is 0.520. The highest BCUT2D eigenvalue weighted by Crippen LogP contribution is 2.38. The number of Topliss-reactive ketones (excluding diaryl/α,β-unsaturated/α-hetero) is 1. The molecule has 0 unspecified atom stereocenters. The lowest BCUT2D eigenvalue weighted by molar-refractivity contribution is 0.0474. The van der Waals surface area contributed by atoms with Gasteiger partial charge in [0.2, 0.25) is 5.78 Å². The number of ketones is 1. The zero-order valence-corrected chi connectivity index (χ0v) is 16.2. The van der Waals surface area contributed by atoms with Crippen LogP contribution in [-0.4, -0.2) is 36.6 Å². The van der Waals surface area contributed by atoms with Crippen molar-refractivity contribution in [2.45, 2.75) is 39.7 Å². The van der Waals surface area contributed by atoms with Gasteiger partial charge in [-0.25, -0.2) is 4.79 Å². The number of methoxy groups -OCH3 is 1. The zero-order chi connectivity index (χ0) is 19.6. The number of esters is 1. The van der Waals surface area contributed by atoms with Gasteiger partial charge >= 0.3 is 5.97 Å². The van der Waals surface area contributed by atoms with Gasteiger partial charge in [-0.3, -0.25) is 4.79 Å². The molecule has 1 aliphatic carbocycles. The molecule has 0 amide bonds. The summed E-state index contributed by atoms with van der Waals surface area (Å²) in [6, 6.07) is 7.19. The molecule has 1 aromatic carbocycles. The molecule has 1 fully saturated rings. The van der Waals surface area contributed by atoms with Gasteiger partial charge in [-0.15, -0.1) is 0 Å². The van der Waals surface area contributed by atoms with E-state index in [-0.39, 0.29) is 12.4 Å². The summed E-state index contributed by atoms with van der Waals surface area (Å²) in [5.74, 6) is 0.243. The molecular formula is C21H25NO5. The smallest absolute Gasteiger partial charge is 0.338 e. The predicted molar refractivity (Wildman–Crippen MR) is 101 cm³/mol. The van der Waals surface area contributed by atoms with Crippen LogP contribution in [0, 0.1) is 13.8 Å². The van der Waals surface area contributed by atoms with Gasteiger partial charge in [0.1, 0.15) is 0 Å². The second-order valence-corrected chi connectivity index (χ2v) is 6.68. The van der Waals surface area contributed by atoms with E-state index in [1.165, 1.54) is 7.11 Å². The predicted octanol–water partition coefficient (Wildman–Crippen LogP) is 3.89. The summed E-state index contributed by atoms with van der Waals surface area (Å²) in [6.07, 6.45) is 2.30. The molecule has 0 aliphatic heterocycles. The lowest BCUT2D eigenvalue weighted by Gasteiger charge is -2.11. The van der Waals surface area contributed by atoms with E-state index in [9.17, 15) is 9.59 Å². The number of rotatable bonds is 8. The number of ether oxygens (including phenoxy) is 3. The third-order valence-electron chi connectivity index (χ3n) is 4.73. The van der Waals surface area contributed by atoms with E-state index in [0.29, 0.717) is 35.3 Å². The Morgan fingerprint density at radius 1 is 1.15 bits per heavy atom. The average molecular weight is 371 g/mol. The van der Waals surface area contributed by atoms with Gasteiger partial charge in [0.15, 0.2) is 18.1 Å². The molecule has 0 N–H and O–H groups in total. The Balaban J connectivity index is 1.67. The summed E-state index contributed by atoms with van der Waals surface area (Å²) in [7, 11) is 1.51. The fraction of sp³-hybridized carbons (Fsp3) is 0.429. The molecule has 144 valence electrons. The number of carbonyl (C=O) groups excluding carboxylic acids is 2. The third-order valence-corrected chi connectivity index (χ3v) is 4.73. The molecule has 6 nitrogen and oxygen atoms in total. The van der Waals surface area contributed by atoms with E-state index in [4.69, 9.17) is 14.2 Å². The van der Waals surface area contributed by atoms with E-state index in [0.717, 1.165) is 24.2 Å². The highest BCUT2D eigenvalue weighted by atomic mass is 16.5. The maximum atomic E-state index is 12.5. The van der Waals surface area contributed by atoms with Crippen LogP contribution in [0.3, 0.4) is 0 Å². The van der Waals surface area contributed by atoms with Crippen LogP contribution in [0.15, 0.2) is 24.3 Å². The highest BCUT2D eigenvalue weighted by molar-refractivity contribution is 6.00. The Morgan fingerprint density at radius 3 is 2.52 bits per heavy atom. The number of carbonyl (C=O) groups is 2. The van der Waals surface area contributed by atoms with Crippen LogP contribution in [-0.2, 0) is 4.74 Å². The first-order valence-electron chi connectivity index (χ1n) is 9.15. The number of nitrogens with zero attached hydrogens (tertiary/aromatic N) is 1. The van der Waals surface area contributed by atoms with Crippen LogP contribution in [0.25, 0.3) is 0 Å². The van der Waals surface area contributed by atoms with Gasteiger partial charge in [-0.1, -0.05) is 0 Å². The van der Waals surface area contributed by atoms with Crippen LogP contribution in [0.2, 0.25) is 0 Å². The Labute approximate surface area is 159 Å². The van der Waals surface area contributed by atoms with Crippen molar-refractivity contribution in [3.63, 3.8) is 0 Å². The molecule has 27 heavy (non-hydrogen) atoms. The Hall–Kier alpha value is -2.76. The fourth-order valence-electron chi connectivity index (χ4n) is 3.32.